The van der Waals surface area contributed by atoms with E-state index in [-0.39, 0.29) is 24.6 Å². The number of nitrogens with one attached hydrogen (secondary N) is 1. The molecule has 0 aromatic heterocycles. The maximum atomic E-state index is 13.6. The van der Waals surface area contributed by atoms with Gasteiger partial charge in [0.25, 0.3) is 0 Å². The predicted octanol–water partition coefficient (Wildman–Crippen LogP) is 2.71. The van der Waals surface area contributed by atoms with Crippen LogP contribution in [0.2, 0.25) is 0 Å². The maximum absolute atomic E-state index is 13.6. The van der Waals surface area contributed by atoms with Gasteiger partial charge in [0.05, 0.1) is 13.2 Å². The zero-order valence-electron chi connectivity index (χ0n) is 17.2. The van der Waals surface area contributed by atoms with E-state index in [9.17, 15) is 9.18 Å². The number of rotatable bonds is 6. The van der Waals surface area contributed by atoms with Crippen LogP contribution in [0.1, 0.15) is 12.5 Å². The molecule has 2 heterocycles. The topological polar surface area (TPSA) is 63.3 Å². The Balaban J connectivity index is 1.30. The van der Waals surface area contributed by atoms with Crippen LogP contribution in [0.15, 0.2) is 36.4 Å². The van der Waals surface area contributed by atoms with Gasteiger partial charge in [0.15, 0.2) is 11.5 Å². The summed E-state index contributed by atoms with van der Waals surface area (Å²) < 4.78 is 29.6. The quantitative estimate of drug-likeness (QED) is 0.783. The number of carbonyl (C=O) groups excluding carboxylic acids is 1. The monoisotopic (exact) mass is 415 g/mol. The third-order valence-corrected chi connectivity index (χ3v) is 5.61. The molecule has 160 valence electrons. The van der Waals surface area contributed by atoms with E-state index >= 15 is 0 Å². The molecule has 1 amide bonds. The number of hydrogen-bond donors (Lipinski definition) is 1. The summed E-state index contributed by atoms with van der Waals surface area (Å²) in [4.78, 5) is 17.1. The predicted molar refractivity (Wildman–Crippen MR) is 110 cm³/mol. The molecule has 1 N–H and O–H groups in total. The van der Waals surface area contributed by atoms with Crippen molar-refractivity contribution >= 4 is 11.6 Å². The number of piperazine rings is 1. The first kappa shape index (κ1) is 20.4. The van der Waals surface area contributed by atoms with Crippen LogP contribution >= 0.6 is 0 Å². The van der Waals surface area contributed by atoms with Crippen molar-refractivity contribution in [1.29, 1.82) is 0 Å². The van der Waals surface area contributed by atoms with Gasteiger partial charge in [0, 0.05) is 50.0 Å². The Hall–Kier alpha value is -2.84. The van der Waals surface area contributed by atoms with Crippen molar-refractivity contribution in [3.05, 3.63) is 47.8 Å². The number of methoxy groups -OCH3 is 1. The normalized spacial score (nSPS) is 17.6. The molecule has 2 aliphatic rings. The van der Waals surface area contributed by atoms with Crippen LogP contribution in [0.3, 0.4) is 0 Å². The summed E-state index contributed by atoms with van der Waals surface area (Å²) in [6.07, 6.45) is 0. The van der Waals surface area contributed by atoms with Gasteiger partial charge in [0.1, 0.15) is 11.6 Å². The van der Waals surface area contributed by atoms with Gasteiger partial charge in [-0.3, -0.25) is 14.6 Å². The first-order valence-electron chi connectivity index (χ1n) is 10.0. The van der Waals surface area contributed by atoms with Gasteiger partial charge >= 0.3 is 0 Å². The minimum atomic E-state index is -0.266. The lowest BCUT2D eigenvalue weighted by molar-refractivity contribution is -0.121. The van der Waals surface area contributed by atoms with Crippen molar-refractivity contribution < 1.29 is 23.4 Å². The highest BCUT2D eigenvalue weighted by Gasteiger charge is 2.26. The molecule has 30 heavy (non-hydrogen) atoms. The van der Waals surface area contributed by atoms with Crippen molar-refractivity contribution in [1.82, 2.24) is 9.80 Å². The lowest BCUT2D eigenvalue weighted by Crippen LogP contribution is -2.52. The molecule has 0 bridgehead atoms. The molecule has 0 spiro atoms. The van der Waals surface area contributed by atoms with Crippen molar-refractivity contribution in [3.8, 4) is 17.2 Å². The molecule has 1 fully saturated rings. The fraction of sp³-hybridized carbons (Fsp3) is 0.409. The van der Waals surface area contributed by atoms with Crippen LogP contribution in [0.25, 0.3) is 0 Å². The SMILES string of the molecule is COc1ccc(F)cc1CN1CCN([C@@H](C)C(=O)Nc2ccc3c(c2)OCO3)CC1. The van der Waals surface area contributed by atoms with Gasteiger partial charge in [-0.25, -0.2) is 4.39 Å². The smallest absolute Gasteiger partial charge is 0.241 e. The van der Waals surface area contributed by atoms with E-state index in [0.717, 1.165) is 31.7 Å². The number of nitrogens with zero attached hydrogens (tertiary/aromatic N) is 2. The number of benzene rings is 2. The summed E-state index contributed by atoms with van der Waals surface area (Å²) >= 11 is 0. The van der Waals surface area contributed by atoms with Gasteiger partial charge in [0.2, 0.25) is 12.7 Å². The van der Waals surface area contributed by atoms with Gasteiger partial charge in [-0.15, -0.1) is 0 Å². The second kappa shape index (κ2) is 8.89. The molecule has 2 aromatic carbocycles. The van der Waals surface area contributed by atoms with Crippen molar-refractivity contribution in [2.45, 2.75) is 19.5 Å². The van der Waals surface area contributed by atoms with E-state index in [1.54, 1.807) is 25.3 Å². The molecular formula is C22H26FN3O4. The van der Waals surface area contributed by atoms with E-state index < -0.39 is 0 Å². The first-order valence-corrected chi connectivity index (χ1v) is 10.0. The van der Waals surface area contributed by atoms with E-state index in [1.165, 1.54) is 12.1 Å². The highest BCUT2D eigenvalue weighted by atomic mass is 19.1. The molecule has 0 aliphatic carbocycles. The third-order valence-electron chi connectivity index (χ3n) is 5.61. The Morgan fingerprint density at radius 3 is 2.67 bits per heavy atom. The highest BCUT2D eigenvalue weighted by molar-refractivity contribution is 5.94. The molecule has 0 saturated carbocycles. The molecule has 1 atom stereocenters. The van der Waals surface area contributed by atoms with Crippen LogP contribution < -0.4 is 19.5 Å². The minimum Gasteiger partial charge on any atom is -0.496 e. The standard InChI is InChI=1S/C22H26FN3O4/c1-15(22(27)24-18-4-6-20-21(12-18)30-14-29-20)26-9-7-25(8-10-26)13-16-11-17(23)3-5-19(16)28-2/h3-6,11-12,15H,7-10,13-14H2,1-2H3,(H,24,27)/t15-/m0/s1. The first-order chi connectivity index (χ1) is 14.5. The Labute approximate surface area is 175 Å². The molecule has 0 unspecified atom stereocenters. The van der Waals surface area contributed by atoms with E-state index in [2.05, 4.69) is 15.1 Å². The summed E-state index contributed by atoms with van der Waals surface area (Å²) in [7, 11) is 1.59. The molecule has 1 saturated heterocycles. The number of amides is 1. The summed E-state index contributed by atoms with van der Waals surface area (Å²) in [6.45, 7) is 5.83. The maximum Gasteiger partial charge on any atom is 0.241 e. The van der Waals surface area contributed by atoms with E-state index in [4.69, 9.17) is 14.2 Å². The number of halogens is 1. The molecular weight excluding hydrogens is 389 g/mol. The van der Waals surface area contributed by atoms with Gasteiger partial charge in [-0.2, -0.15) is 0 Å². The summed E-state index contributed by atoms with van der Waals surface area (Å²) in [5.74, 6) is 1.69. The van der Waals surface area contributed by atoms with Crippen LogP contribution in [-0.4, -0.2) is 61.8 Å². The fourth-order valence-corrected chi connectivity index (χ4v) is 3.81. The van der Waals surface area contributed by atoms with Crippen LogP contribution in [0, 0.1) is 5.82 Å². The van der Waals surface area contributed by atoms with Crippen LogP contribution in [0.4, 0.5) is 10.1 Å². The largest absolute Gasteiger partial charge is 0.496 e. The van der Waals surface area contributed by atoms with Crippen LogP contribution in [-0.2, 0) is 11.3 Å². The molecule has 7 nitrogen and oxygen atoms in total. The fourth-order valence-electron chi connectivity index (χ4n) is 3.81. The summed E-state index contributed by atoms with van der Waals surface area (Å²) in [6, 6.07) is 9.69. The highest BCUT2D eigenvalue weighted by Crippen LogP contribution is 2.34. The molecule has 8 heteroatoms. The van der Waals surface area contributed by atoms with E-state index in [1.807, 2.05) is 13.0 Å². The second-order valence-electron chi connectivity index (χ2n) is 7.50. The van der Waals surface area contributed by atoms with E-state index in [0.29, 0.717) is 29.5 Å². The molecule has 2 aromatic rings. The molecule has 4 rings (SSSR count). The molecule has 2 aliphatic heterocycles. The third kappa shape index (κ3) is 4.49. The average Bonchev–Trinajstić information content (AvgIpc) is 3.22. The zero-order valence-corrected chi connectivity index (χ0v) is 17.2. The second-order valence-corrected chi connectivity index (χ2v) is 7.50. The lowest BCUT2D eigenvalue weighted by Gasteiger charge is -2.37. The lowest BCUT2D eigenvalue weighted by atomic mass is 10.1. The van der Waals surface area contributed by atoms with Gasteiger partial charge < -0.3 is 19.5 Å². The van der Waals surface area contributed by atoms with Gasteiger partial charge in [-0.1, -0.05) is 0 Å². The zero-order chi connectivity index (χ0) is 21.1. The Morgan fingerprint density at radius 1 is 1.13 bits per heavy atom. The van der Waals surface area contributed by atoms with Gasteiger partial charge in [-0.05, 0) is 37.3 Å². The van der Waals surface area contributed by atoms with Crippen molar-refractivity contribution in [2.75, 3.05) is 45.4 Å². The van der Waals surface area contributed by atoms with Crippen molar-refractivity contribution in [2.24, 2.45) is 0 Å². The average molecular weight is 415 g/mol. The minimum absolute atomic E-state index is 0.0610. The number of anilines is 1. The number of fused-ring (bicyclic) bond motifs is 1. The Bertz CT molecular complexity index is 915. The van der Waals surface area contributed by atoms with Crippen molar-refractivity contribution in [3.63, 3.8) is 0 Å². The Kier molecular flexibility index (Phi) is 6.06. The van der Waals surface area contributed by atoms with Crippen LogP contribution in [0.5, 0.6) is 17.2 Å². The number of hydrogen-bond acceptors (Lipinski definition) is 6. The molecule has 0 radical (unpaired) electrons. The Morgan fingerprint density at radius 2 is 1.90 bits per heavy atom. The number of ether oxygens (including phenoxy) is 3. The summed E-state index contributed by atoms with van der Waals surface area (Å²) in [5.41, 5.74) is 1.52. The summed E-state index contributed by atoms with van der Waals surface area (Å²) in [5, 5.41) is 2.95. The number of carbonyl (C=O) groups is 1.